The van der Waals surface area contributed by atoms with E-state index in [2.05, 4.69) is 20.1 Å². The predicted octanol–water partition coefficient (Wildman–Crippen LogP) is 6.98. The first-order valence-corrected chi connectivity index (χ1v) is 13.7. The van der Waals surface area contributed by atoms with Gasteiger partial charge >= 0.3 is 11.9 Å². The number of esters is 2. The van der Waals surface area contributed by atoms with Crippen LogP contribution < -0.4 is 28.4 Å². The molecule has 0 aliphatic carbocycles. The topological polar surface area (TPSA) is 89.5 Å². The van der Waals surface area contributed by atoms with Gasteiger partial charge in [0.2, 0.25) is 11.5 Å². The Balaban J connectivity index is 2.56. The van der Waals surface area contributed by atoms with Crippen molar-refractivity contribution in [2.24, 2.45) is 0 Å². The van der Waals surface area contributed by atoms with Crippen molar-refractivity contribution in [3.63, 3.8) is 0 Å². The van der Waals surface area contributed by atoms with Gasteiger partial charge in [0, 0.05) is 16.7 Å². The Kier molecular flexibility index (Phi) is 12.6. The highest BCUT2D eigenvalue weighted by Crippen LogP contribution is 2.46. The van der Waals surface area contributed by atoms with Gasteiger partial charge in [-0.05, 0) is 71.1 Å². The molecule has 40 heavy (non-hydrogen) atoms. The fourth-order valence-corrected chi connectivity index (χ4v) is 3.96. The van der Waals surface area contributed by atoms with Crippen molar-refractivity contribution in [2.75, 3.05) is 26.4 Å². The molecular weight excluding hydrogens is 512 g/mol. The summed E-state index contributed by atoms with van der Waals surface area (Å²) in [6.07, 6.45) is 1.02. The van der Waals surface area contributed by atoms with Crippen LogP contribution in [0.15, 0.2) is 48.6 Å². The van der Waals surface area contributed by atoms with E-state index in [1.165, 1.54) is 0 Å². The molecule has 0 saturated heterocycles. The third kappa shape index (κ3) is 8.04. The standard InChI is InChI=1S/C32H42O8/c1-10-21(8)32(34)40-25-17-15-23(27(35-11-2)29(25)37-13-4)19-22(9)24-16-18-26(39-31(33)20(6)7)30(38-14-5)28(24)36-12-3/h15-18,22H,6,8,10-14,19H2,1-5,7,9H3. The first-order chi connectivity index (χ1) is 19.1. The van der Waals surface area contributed by atoms with Crippen molar-refractivity contribution in [1.29, 1.82) is 0 Å². The van der Waals surface area contributed by atoms with E-state index >= 15 is 0 Å². The summed E-state index contributed by atoms with van der Waals surface area (Å²) in [6.45, 7) is 21.9. The third-order valence-corrected chi connectivity index (χ3v) is 5.94. The van der Waals surface area contributed by atoms with Gasteiger partial charge in [-0.25, -0.2) is 9.59 Å². The monoisotopic (exact) mass is 554 g/mol. The largest absolute Gasteiger partial charge is 0.490 e. The molecule has 0 aliphatic heterocycles. The molecule has 8 heteroatoms. The Labute approximate surface area is 237 Å². The zero-order chi connectivity index (χ0) is 29.8. The second-order valence-electron chi connectivity index (χ2n) is 9.05. The van der Waals surface area contributed by atoms with E-state index in [-0.39, 0.29) is 23.0 Å². The summed E-state index contributed by atoms with van der Waals surface area (Å²) in [7, 11) is 0. The van der Waals surface area contributed by atoms with Crippen molar-refractivity contribution in [2.45, 2.75) is 67.2 Å². The second-order valence-corrected chi connectivity index (χ2v) is 9.05. The number of carbonyl (C=O) groups is 2. The molecule has 0 bridgehead atoms. The number of hydrogen-bond acceptors (Lipinski definition) is 8. The maximum Gasteiger partial charge on any atom is 0.338 e. The van der Waals surface area contributed by atoms with E-state index in [0.29, 0.717) is 67.8 Å². The van der Waals surface area contributed by atoms with Crippen LogP contribution in [0.5, 0.6) is 34.5 Å². The molecule has 0 fully saturated rings. The predicted molar refractivity (Wildman–Crippen MR) is 155 cm³/mol. The first kappa shape index (κ1) is 32.3. The summed E-state index contributed by atoms with van der Waals surface area (Å²) in [6, 6.07) is 7.16. The Bertz CT molecular complexity index is 1210. The summed E-state index contributed by atoms with van der Waals surface area (Å²) in [5.41, 5.74) is 2.38. The van der Waals surface area contributed by atoms with Crippen LogP contribution in [0, 0.1) is 0 Å². The number of rotatable bonds is 16. The van der Waals surface area contributed by atoms with Gasteiger partial charge in [-0.2, -0.15) is 0 Å². The summed E-state index contributed by atoms with van der Waals surface area (Å²) >= 11 is 0. The normalized spacial score (nSPS) is 11.3. The fraction of sp³-hybridized carbons (Fsp3) is 0.438. The van der Waals surface area contributed by atoms with Crippen LogP contribution in [0.2, 0.25) is 0 Å². The van der Waals surface area contributed by atoms with Crippen LogP contribution >= 0.6 is 0 Å². The molecule has 1 atom stereocenters. The lowest BCUT2D eigenvalue weighted by atomic mass is 9.91. The minimum absolute atomic E-state index is 0.0754. The van der Waals surface area contributed by atoms with Gasteiger partial charge in [-0.3, -0.25) is 0 Å². The van der Waals surface area contributed by atoms with Gasteiger partial charge in [0.05, 0.1) is 26.4 Å². The zero-order valence-corrected chi connectivity index (χ0v) is 24.8. The van der Waals surface area contributed by atoms with E-state index in [0.717, 1.165) is 11.1 Å². The molecule has 0 N–H and O–H groups in total. The molecule has 0 saturated carbocycles. The summed E-state index contributed by atoms with van der Waals surface area (Å²) in [5, 5.41) is 0. The minimum atomic E-state index is -0.544. The van der Waals surface area contributed by atoms with E-state index in [1.54, 1.807) is 19.1 Å². The number of benzene rings is 2. The van der Waals surface area contributed by atoms with Crippen LogP contribution in [0.4, 0.5) is 0 Å². The Morgan fingerprint density at radius 1 is 0.700 bits per heavy atom. The van der Waals surface area contributed by atoms with Crippen molar-refractivity contribution in [1.82, 2.24) is 0 Å². The quantitative estimate of drug-likeness (QED) is 0.125. The molecular formula is C32H42O8. The van der Waals surface area contributed by atoms with Crippen molar-refractivity contribution in [3.8, 4) is 34.5 Å². The molecule has 2 aromatic rings. The summed E-state index contributed by atoms with van der Waals surface area (Å²) < 4.78 is 35.0. The van der Waals surface area contributed by atoms with Gasteiger partial charge in [-0.1, -0.05) is 39.1 Å². The van der Waals surface area contributed by atoms with E-state index < -0.39 is 11.9 Å². The summed E-state index contributed by atoms with van der Waals surface area (Å²) in [5.74, 6) is 1.17. The average molecular weight is 555 g/mol. The maximum atomic E-state index is 12.5. The van der Waals surface area contributed by atoms with Crippen molar-refractivity contribution in [3.05, 3.63) is 59.7 Å². The van der Waals surface area contributed by atoms with Crippen LogP contribution in [0.1, 0.15) is 71.9 Å². The van der Waals surface area contributed by atoms with Gasteiger partial charge in [0.25, 0.3) is 0 Å². The molecule has 0 spiro atoms. The van der Waals surface area contributed by atoms with E-state index in [9.17, 15) is 9.59 Å². The lowest BCUT2D eigenvalue weighted by Crippen LogP contribution is -2.13. The molecule has 2 aromatic carbocycles. The Hall–Kier alpha value is -3.94. The highest BCUT2D eigenvalue weighted by molar-refractivity contribution is 5.90. The van der Waals surface area contributed by atoms with Crippen LogP contribution in [0.3, 0.4) is 0 Å². The van der Waals surface area contributed by atoms with Gasteiger partial charge < -0.3 is 28.4 Å². The number of hydrogen-bond donors (Lipinski definition) is 0. The highest BCUT2D eigenvalue weighted by Gasteiger charge is 2.26. The van der Waals surface area contributed by atoms with Crippen molar-refractivity contribution >= 4 is 11.9 Å². The Morgan fingerprint density at radius 3 is 1.70 bits per heavy atom. The highest BCUT2D eigenvalue weighted by atomic mass is 16.6. The van der Waals surface area contributed by atoms with E-state index in [4.69, 9.17) is 28.4 Å². The molecule has 0 aliphatic rings. The fourth-order valence-electron chi connectivity index (χ4n) is 3.96. The van der Waals surface area contributed by atoms with Crippen LogP contribution in [0.25, 0.3) is 0 Å². The lowest BCUT2D eigenvalue weighted by Gasteiger charge is -2.23. The van der Waals surface area contributed by atoms with Gasteiger partial charge in [-0.15, -0.1) is 0 Å². The molecule has 8 nitrogen and oxygen atoms in total. The number of carbonyl (C=O) groups excluding carboxylic acids is 2. The van der Waals surface area contributed by atoms with Gasteiger partial charge in [0.1, 0.15) is 0 Å². The zero-order valence-electron chi connectivity index (χ0n) is 24.8. The molecule has 1 unspecified atom stereocenters. The lowest BCUT2D eigenvalue weighted by molar-refractivity contribution is -0.131. The number of ether oxygens (including phenoxy) is 6. The molecule has 218 valence electrons. The van der Waals surface area contributed by atoms with E-state index in [1.807, 2.05) is 46.8 Å². The maximum absolute atomic E-state index is 12.5. The van der Waals surface area contributed by atoms with Gasteiger partial charge in [0.15, 0.2) is 23.0 Å². The minimum Gasteiger partial charge on any atom is -0.490 e. The molecule has 0 heterocycles. The molecule has 2 rings (SSSR count). The van der Waals surface area contributed by atoms with Crippen LogP contribution in [-0.2, 0) is 16.0 Å². The first-order valence-electron chi connectivity index (χ1n) is 13.7. The molecule has 0 radical (unpaired) electrons. The Morgan fingerprint density at radius 2 is 1.18 bits per heavy atom. The molecule has 0 aromatic heterocycles. The third-order valence-electron chi connectivity index (χ3n) is 5.94. The smallest absolute Gasteiger partial charge is 0.338 e. The SMILES string of the molecule is C=C(C)C(=O)Oc1ccc(C(C)Cc2ccc(OC(=O)C(=C)CC)c(OCC)c2OCC)c(OCC)c1OCC. The van der Waals surface area contributed by atoms with Crippen LogP contribution in [-0.4, -0.2) is 38.4 Å². The second kappa shape index (κ2) is 15.6. The average Bonchev–Trinajstić information content (AvgIpc) is 2.92. The van der Waals surface area contributed by atoms with Crippen molar-refractivity contribution < 1.29 is 38.0 Å². The summed E-state index contributed by atoms with van der Waals surface area (Å²) in [4.78, 5) is 24.7. The molecule has 0 amide bonds.